The lowest BCUT2D eigenvalue weighted by Crippen LogP contribution is -2.16. The quantitative estimate of drug-likeness (QED) is 0.853. The second-order valence-corrected chi connectivity index (χ2v) is 6.01. The van der Waals surface area contributed by atoms with Gasteiger partial charge in [-0.3, -0.25) is 0 Å². The van der Waals surface area contributed by atoms with E-state index in [0.717, 1.165) is 36.7 Å². The topological polar surface area (TPSA) is 34.1 Å². The molecule has 0 saturated heterocycles. The van der Waals surface area contributed by atoms with Crippen LogP contribution in [0, 0.1) is 12.8 Å². The molecule has 0 unspecified atom stereocenters. The average molecular weight is 260 g/mol. The number of aryl methyl sites for hydroxylation is 1. The van der Waals surface area contributed by atoms with Gasteiger partial charge in [-0.1, -0.05) is 18.9 Å². The van der Waals surface area contributed by atoms with Gasteiger partial charge in [0, 0.05) is 24.3 Å². The molecule has 3 heteroatoms. The highest BCUT2D eigenvalue weighted by Crippen LogP contribution is 2.25. The molecule has 3 nitrogen and oxygen atoms in total. The summed E-state index contributed by atoms with van der Waals surface area (Å²) in [5, 5.41) is 3.53. The van der Waals surface area contributed by atoms with E-state index in [1.54, 1.807) is 0 Å². The Kier molecular flexibility index (Phi) is 4.02. The molecule has 1 N–H and O–H groups in total. The van der Waals surface area contributed by atoms with Crippen molar-refractivity contribution in [2.75, 3.05) is 6.61 Å². The number of hydrogen-bond acceptors (Lipinski definition) is 3. The van der Waals surface area contributed by atoms with E-state index in [0.29, 0.717) is 0 Å². The SMILES string of the molecule is Cc1nc(OCC2CCCC2)ccc1CNC1CC1. The van der Waals surface area contributed by atoms with Crippen LogP contribution in [0.5, 0.6) is 5.88 Å². The van der Waals surface area contributed by atoms with Crippen molar-refractivity contribution in [3.63, 3.8) is 0 Å². The molecule has 19 heavy (non-hydrogen) atoms. The Labute approximate surface area is 115 Å². The second kappa shape index (κ2) is 5.91. The Balaban J connectivity index is 1.51. The largest absolute Gasteiger partial charge is 0.477 e. The predicted molar refractivity (Wildman–Crippen MR) is 76.3 cm³/mol. The molecule has 104 valence electrons. The standard InChI is InChI=1S/C16H24N2O/c1-12-14(10-17-15-7-8-15)6-9-16(18-12)19-11-13-4-2-3-5-13/h6,9,13,15,17H,2-5,7-8,10-11H2,1H3. The number of nitrogens with one attached hydrogen (secondary N) is 1. The fraction of sp³-hybridized carbons (Fsp3) is 0.688. The van der Waals surface area contributed by atoms with Gasteiger partial charge in [0.2, 0.25) is 5.88 Å². The van der Waals surface area contributed by atoms with Crippen molar-refractivity contribution >= 4 is 0 Å². The van der Waals surface area contributed by atoms with E-state index in [4.69, 9.17) is 4.74 Å². The minimum absolute atomic E-state index is 0.748. The molecule has 1 aromatic rings. The van der Waals surface area contributed by atoms with E-state index in [1.165, 1.54) is 44.1 Å². The van der Waals surface area contributed by atoms with Gasteiger partial charge in [0.25, 0.3) is 0 Å². The normalized spacial score (nSPS) is 19.8. The maximum Gasteiger partial charge on any atom is 0.213 e. The lowest BCUT2D eigenvalue weighted by Gasteiger charge is -2.12. The minimum Gasteiger partial charge on any atom is -0.477 e. The van der Waals surface area contributed by atoms with Gasteiger partial charge in [-0.15, -0.1) is 0 Å². The van der Waals surface area contributed by atoms with Crippen molar-refractivity contribution in [3.05, 3.63) is 23.4 Å². The van der Waals surface area contributed by atoms with Crippen LogP contribution in [-0.4, -0.2) is 17.6 Å². The number of rotatable bonds is 6. The monoisotopic (exact) mass is 260 g/mol. The Morgan fingerprint density at radius 3 is 2.68 bits per heavy atom. The number of hydrogen-bond donors (Lipinski definition) is 1. The van der Waals surface area contributed by atoms with Crippen LogP contribution < -0.4 is 10.1 Å². The summed E-state index contributed by atoms with van der Waals surface area (Å²) in [4.78, 5) is 4.57. The summed E-state index contributed by atoms with van der Waals surface area (Å²) < 4.78 is 5.83. The molecule has 1 aromatic heterocycles. The first-order chi connectivity index (χ1) is 9.31. The molecular formula is C16H24N2O. The molecule has 0 aromatic carbocycles. The number of nitrogens with zero attached hydrogens (tertiary/aromatic N) is 1. The molecule has 2 saturated carbocycles. The summed E-state index contributed by atoms with van der Waals surface area (Å²) in [6, 6.07) is 4.92. The number of aromatic nitrogens is 1. The average Bonchev–Trinajstić information content (AvgIpc) is 3.09. The maximum atomic E-state index is 5.83. The molecule has 3 rings (SSSR count). The third kappa shape index (κ3) is 3.69. The Morgan fingerprint density at radius 1 is 1.21 bits per heavy atom. The predicted octanol–water partition coefficient (Wildman–Crippen LogP) is 3.21. The Morgan fingerprint density at radius 2 is 2.00 bits per heavy atom. The summed E-state index contributed by atoms with van der Waals surface area (Å²) in [6.07, 6.45) is 8.04. The van der Waals surface area contributed by atoms with Crippen molar-refractivity contribution in [2.45, 2.75) is 58.0 Å². The van der Waals surface area contributed by atoms with E-state index in [9.17, 15) is 0 Å². The van der Waals surface area contributed by atoms with E-state index in [1.807, 2.05) is 6.07 Å². The summed E-state index contributed by atoms with van der Waals surface area (Å²) >= 11 is 0. The smallest absolute Gasteiger partial charge is 0.213 e. The molecule has 0 spiro atoms. The molecule has 2 aliphatic rings. The van der Waals surface area contributed by atoms with Gasteiger partial charge in [-0.25, -0.2) is 4.98 Å². The molecule has 1 heterocycles. The zero-order valence-corrected chi connectivity index (χ0v) is 11.8. The maximum absolute atomic E-state index is 5.83. The summed E-state index contributed by atoms with van der Waals surface area (Å²) in [7, 11) is 0. The molecule has 0 amide bonds. The molecule has 0 aliphatic heterocycles. The van der Waals surface area contributed by atoms with Crippen LogP contribution in [-0.2, 0) is 6.54 Å². The summed E-state index contributed by atoms with van der Waals surface area (Å²) in [6.45, 7) is 3.85. The fourth-order valence-corrected chi connectivity index (χ4v) is 2.76. The third-order valence-corrected chi connectivity index (χ3v) is 4.27. The molecule has 0 radical (unpaired) electrons. The molecular weight excluding hydrogens is 236 g/mol. The van der Waals surface area contributed by atoms with Crippen molar-refractivity contribution < 1.29 is 4.74 Å². The van der Waals surface area contributed by atoms with Crippen molar-refractivity contribution in [1.29, 1.82) is 0 Å². The fourth-order valence-electron chi connectivity index (χ4n) is 2.76. The van der Waals surface area contributed by atoms with Gasteiger partial charge in [-0.2, -0.15) is 0 Å². The van der Waals surface area contributed by atoms with E-state index < -0.39 is 0 Å². The first-order valence-corrected chi connectivity index (χ1v) is 7.64. The summed E-state index contributed by atoms with van der Waals surface area (Å²) in [5.41, 5.74) is 2.39. The van der Waals surface area contributed by atoms with Gasteiger partial charge in [0.15, 0.2) is 0 Å². The van der Waals surface area contributed by atoms with E-state index >= 15 is 0 Å². The Bertz CT molecular complexity index is 423. The van der Waals surface area contributed by atoms with Crippen LogP contribution in [0.15, 0.2) is 12.1 Å². The van der Waals surface area contributed by atoms with Crippen molar-refractivity contribution in [1.82, 2.24) is 10.3 Å². The molecule has 0 atom stereocenters. The van der Waals surface area contributed by atoms with Crippen LogP contribution in [0.25, 0.3) is 0 Å². The Hall–Kier alpha value is -1.09. The summed E-state index contributed by atoms with van der Waals surface area (Å²) in [5.74, 6) is 1.54. The van der Waals surface area contributed by atoms with E-state index in [-0.39, 0.29) is 0 Å². The van der Waals surface area contributed by atoms with Crippen molar-refractivity contribution in [3.8, 4) is 5.88 Å². The second-order valence-electron chi connectivity index (χ2n) is 6.01. The lowest BCUT2D eigenvalue weighted by molar-refractivity contribution is 0.243. The zero-order valence-electron chi connectivity index (χ0n) is 11.8. The first kappa shape index (κ1) is 12.9. The van der Waals surface area contributed by atoms with Crippen LogP contribution in [0.3, 0.4) is 0 Å². The van der Waals surface area contributed by atoms with Gasteiger partial charge in [0.05, 0.1) is 6.61 Å². The van der Waals surface area contributed by atoms with Crippen LogP contribution in [0.4, 0.5) is 0 Å². The molecule has 2 fully saturated rings. The van der Waals surface area contributed by atoms with Crippen molar-refractivity contribution in [2.24, 2.45) is 5.92 Å². The third-order valence-electron chi connectivity index (χ3n) is 4.27. The van der Waals surface area contributed by atoms with Crippen LogP contribution in [0.1, 0.15) is 49.8 Å². The lowest BCUT2D eigenvalue weighted by atomic mass is 10.1. The molecule has 2 aliphatic carbocycles. The van der Waals surface area contributed by atoms with Gasteiger partial charge in [0.1, 0.15) is 0 Å². The highest BCUT2D eigenvalue weighted by atomic mass is 16.5. The first-order valence-electron chi connectivity index (χ1n) is 7.64. The number of pyridine rings is 1. The zero-order chi connectivity index (χ0) is 13.1. The van der Waals surface area contributed by atoms with Crippen LogP contribution in [0.2, 0.25) is 0 Å². The van der Waals surface area contributed by atoms with Gasteiger partial charge >= 0.3 is 0 Å². The van der Waals surface area contributed by atoms with Crippen LogP contribution >= 0.6 is 0 Å². The van der Waals surface area contributed by atoms with E-state index in [2.05, 4.69) is 23.3 Å². The highest BCUT2D eigenvalue weighted by molar-refractivity contribution is 5.25. The number of ether oxygens (including phenoxy) is 1. The van der Waals surface area contributed by atoms with Gasteiger partial charge in [-0.05, 0) is 44.1 Å². The molecule has 0 bridgehead atoms. The minimum atomic E-state index is 0.748. The highest BCUT2D eigenvalue weighted by Gasteiger charge is 2.20. The van der Waals surface area contributed by atoms with Gasteiger partial charge < -0.3 is 10.1 Å².